The normalized spacial score (nSPS) is 23.7. The fourth-order valence-corrected chi connectivity index (χ4v) is 2.00. The lowest BCUT2D eigenvalue weighted by Gasteiger charge is -2.22. The Bertz CT molecular complexity index is 383. The van der Waals surface area contributed by atoms with Crippen molar-refractivity contribution in [2.75, 3.05) is 0 Å². The van der Waals surface area contributed by atoms with Gasteiger partial charge in [-0.1, -0.05) is 48.1 Å². The van der Waals surface area contributed by atoms with Crippen molar-refractivity contribution < 1.29 is 0 Å². The topological polar surface area (TPSA) is 0 Å². The van der Waals surface area contributed by atoms with Crippen LogP contribution < -0.4 is 0 Å². The third kappa shape index (κ3) is 0.724. The molecule has 3 aliphatic carbocycles. The number of hydrogen-bond acceptors (Lipinski definition) is 0. The highest BCUT2D eigenvalue weighted by molar-refractivity contribution is 5.64. The molecular weight excluding hydrogens is 144 g/mol. The standard InChI is InChI=1S/C12H10/c1-2-4-12-10(3-1)6-5-9-7-11(12)8-9/h1-7,11H,8H2. The summed E-state index contributed by atoms with van der Waals surface area (Å²) in [6.45, 7) is 0. The van der Waals surface area contributed by atoms with Crippen molar-refractivity contribution in [2.45, 2.75) is 12.3 Å². The van der Waals surface area contributed by atoms with E-state index in [1.807, 2.05) is 0 Å². The maximum absolute atomic E-state index is 2.36. The first-order valence-corrected chi connectivity index (χ1v) is 4.41. The molecule has 0 saturated heterocycles. The van der Waals surface area contributed by atoms with Crippen LogP contribution in [0.4, 0.5) is 0 Å². The number of rotatable bonds is 0. The first kappa shape index (κ1) is 6.24. The summed E-state index contributed by atoms with van der Waals surface area (Å²) in [6.07, 6.45) is 8.08. The van der Waals surface area contributed by atoms with Gasteiger partial charge >= 0.3 is 0 Å². The molecule has 0 amide bonds. The molecule has 2 bridgehead atoms. The van der Waals surface area contributed by atoms with E-state index in [1.54, 1.807) is 0 Å². The van der Waals surface area contributed by atoms with Gasteiger partial charge in [-0.2, -0.15) is 0 Å². The van der Waals surface area contributed by atoms with Gasteiger partial charge in [-0.25, -0.2) is 0 Å². The van der Waals surface area contributed by atoms with Crippen molar-refractivity contribution in [1.29, 1.82) is 0 Å². The van der Waals surface area contributed by atoms with Crippen LogP contribution in [0.25, 0.3) is 6.08 Å². The first-order chi connectivity index (χ1) is 5.93. The van der Waals surface area contributed by atoms with Crippen LogP contribution in [0, 0.1) is 0 Å². The van der Waals surface area contributed by atoms with Crippen molar-refractivity contribution in [3.63, 3.8) is 0 Å². The molecule has 4 rings (SSSR count). The van der Waals surface area contributed by atoms with E-state index in [-0.39, 0.29) is 0 Å². The largest absolute Gasteiger partial charge is 0.0734 e. The Morgan fingerprint density at radius 1 is 1.08 bits per heavy atom. The lowest BCUT2D eigenvalue weighted by Crippen LogP contribution is -2.05. The molecular formula is C12H10. The predicted octanol–water partition coefficient (Wildman–Crippen LogP) is 3.13. The molecule has 1 aromatic carbocycles. The summed E-state index contributed by atoms with van der Waals surface area (Å²) >= 11 is 0. The van der Waals surface area contributed by atoms with Crippen molar-refractivity contribution in [3.05, 3.63) is 53.1 Å². The summed E-state index contributed by atoms with van der Waals surface area (Å²) in [5.41, 5.74) is 4.39. The Morgan fingerprint density at radius 3 is 2.83 bits per heavy atom. The molecule has 0 heterocycles. The van der Waals surface area contributed by atoms with Gasteiger partial charge in [0.25, 0.3) is 0 Å². The quantitative estimate of drug-likeness (QED) is 0.538. The highest BCUT2D eigenvalue weighted by Crippen LogP contribution is 2.40. The van der Waals surface area contributed by atoms with Gasteiger partial charge in [-0.05, 0) is 17.5 Å². The molecule has 0 nitrogen and oxygen atoms in total. The van der Waals surface area contributed by atoms with E-state index in [1.165, 1.54) is 23.1 Å². The second-order valence-electron chi connectivity index (χ2n) is 3.51. The molecule has 0 aromatic heterocycles. The second kappa shape index (κ2) is 2.10. The lowest BCUT2D eigenvalue weighted by atomic mass is 9.82. The van der Waals surface area contributed by atoms with E-state index >= 15 is 0 Å². The fourth-order valence-electron chi connectivity index (χ4n) is 2.00. The summed E-state index contributed by atoms with van der Waals surface area (Å²) in [7, 11) is 0. The smallest absolute Gasteiger partial charge is 0.00700 e. The molecule has 0 saturated carbocycles. The Balaban J connectivity index is 2.25. The summed E-state index contributed by atoms with van der Waals surface area (Å²) < 4.78 is 0. The van der Waals surface area contributed by atoms with E-state index in [9.17, 15) is 0 Å². The van der Waals surface area contributed by atoms with Crippen LogP contribution in [0.2, 0.25) is 0 Å². The minimum Gasteiger partial charge on any atom is -0.0734 e. The van der Waals surface area contributed by atoms with Gasteiger partial charge in [0.2, 0.25) is 0 Å². The van der Waals surface area contributed by atoms with Gasteiger partial charge in [0, 0.05) is 5.92 Å². The molecule has 0 aliphatic heterocycles. The first-order valence-electron chi connectivity index (χ1n) is 4.41. The van der Waals surface area contributed by atoms with Gasteiger partial charge in [-0.3, -0.25) is 0 Å². The third-order valence-electron chi connectivity index (χ3n) is 2.74. The summed E-state index contributed by atoms with van der Waals surface area (Å²) in [4.78, 5) is 0. The third-order valence-corrected chi connectivity index (χ3v) is 2.74. The zero-order valence-electron chi connectivity index (χ0n) is 6.83. The van der Waals surface area contributed by atoms with Gasteiger partial charge < -0.3 is 0 Å². The van der Waals surface area contributed by atoms with Crippen LogP contribution in [-0.2, 0) is 0 Å². The molecule has 1 unspecified atom stereocenters. The van der Waals surface area contributed by atoms with Crippen molar-refractivity contribution >= 4 is 6.08 Å². The van der Waals surface area contributed by atoms with Gasteiger partial charge in [0.15, 0.2) is 0 Å². The fraction of sp³-hybridized carbons (Fsp3) is 0.167. The summed E-state index contributed by atoms with van der Waals surface area (Å²) in [5.74, 6) is 0.700. The van der Waals surface area contributed by atoms with Crippen molar-refractivity contribution in [1.82, 2.24) is 0 Å². The van der Waals surface area contributed by atoms with Crippen LogP contribution in [0.15, 0.2) is 42.0 Å². The summed E-state index contributed by atoms with van der Waals surface area (Å²) in [5, 5.41) is 0. The van der Waals surface area contributed by atoms with Crippen LogP contribution in [0.1, 0.15) is 23.5 Å². The molecule has 58 valence electrons. The monoisotopic (exact) mass is 154 g/mol. The number of allylic oxidation sites excluding steroid dienone is 3. The molecule has 0 heteroatoms. The molecule has 0 fully saturated rings. The van der Waals surface area contributed by atoms with Gasteiger partial charge in [-0.15, -0.1) is 0 Å². The van der Waals surface area contributed by atoms with E-state index in [0.29, 0.717) is 5.92 Å². The minimum absolute atomic E-state index is 0.700. The minimum atomic E-state index is 0.700. The zero-order chi connectivity index (χ0) is 7.97. The number of benzene rings is 1. The van der Waals surface area contributed by atoms with Crippen molar-refractivity contribution in [3.8, 4) is 0 Å². The van der Waals surface area contributed by atoms with E-state index in [4.69, 9.17) is 0 Å². The second-order valence-corrected chi connectivity index (χ2v) is 3.51. The average Bonchev–Trinajstić information content (AvgIpc) is 2.30. The Kier molecular flexibility index (Phi) is 1.09. The lowest BCUT2D eigenvalue weighted by molar-refractivity contribution is 0.763. The van der Waals surface area contributed by atoms with Crippen LogP contribution in [0.3, 0.4) is 0 Å². The Hall–Kier alpha value is -1.30. The molecule has 1 aromatic rings. The van der Waals surface area contributed by atoms with Crippen molar-refractivity contribution in [2.24, 2.45) is 0 Å². The SMILES string of the molecule is C1=Cc2ccccc2C2C=C1C2. The van der Waals surface area contributed by atoms with Crippen LogP contribution in [-0.4, -0.2) is 0 Å². The van der Waals surface area contributed by atoms with E-state index in [2.05, 4.69) is 42.5 Å². The molecule has 0 spiro atoms. The highest BCUT2D eigenvalue weighted by atomic mass is 14.3. The Labute approximate surface area is 72.2 Å². The van der Waals surface area contributed by atoms with Gasteiger partial charge in [0.1, 0.15) is 0 Å². The van der Waals surface area contributed by atoms with Crippen LogP contribution in [0.5, 0.6) is 0 Å². The molecule has 3 aliphatic rings. The molecule has 12 heavy (non-hydrogen) atoms. The molecule has 1 atom stereocenters. The van der Waals surface area contributed by atoms with E-state index in [0.717, 1.165) is 0 Å². The van der Waals surface area contributed by atoms with Crippen LogP contribution >= 0.6 is 0 Å². The molecule has 0 radical (unpaired) electrons. The maximum Gasteiger partial charge on any atom is 0.00700 e. The zero-order valence-corrected chi connectivity index (χ0v) is 6.83. The van der Waals surface area contributed by atoms with Gasteiger partial charge in [0.05, 0.1) is 0 Å². The highest BCUT2D eigenvalue weighted by Gasteiger charge is 2.22. The maximum atomic E-state index is 2.36. The average molecular weight is 154 g/mol. The Morgan fingerprint density at radius 2 is 1.92 bits per heavy atom. The van der Waals surface area contributed by atoms with E-state index < -0.39 is 0 Å². The molecule has 0 N–H and O–H groups in total. The number of hydrogen-bond donors (Lipinski definition) is 0. The summed E-state index contributed by atoms with van der Waals surface area (Å²) in [6, 6.07) is 8.67. The predicted molar refractivity (Wildman–Crippen MR) is 50.9 cm³/mol.